The number of hydrogen-bond donors (Lipinski definition) is 1. The summed E-state index contributed by atoms with van der Waals surface area (Å²) in [4.78, 5) is 28.9. The smallest absolute Gasteiger partial charge is 0.341 e. The maximum Gasteiger partial charge on any atom is 0.341 e. The van der Waals surface area contributed by atoms with Gasteiger partial charge in [-0.25, -0.2) is 4.79 Å². The molecule has 1 aliphatic heterocycles. The highest BCUT2D eigenvalue weighted by atomic mass is 32.1. The largest absolute Gasteiger partial charge is 0.494 e. The Labute approximate surface area is 175 Å². The molecular formula is C22H28N2O4S. The Morgan fingerprint density at radius 2 is 1.90 bits per heavy atom. The van der Waals surface area contributed by atoms with Crippen LogP contribution in [0.15, 0.2) is 24.3 Å². The second-order valence-corrected chi connectivity index (χ2v) is 8.26. The van der Waals surface area contributed by atoms with Crippen LogP contribution in [0.3, 0.4) is 0 Å². The van der Waals surface area contributed by atoms with E-state index in [0.717, 1.165) is 35.7 Å². The number of hydrogen-bond acceptors (Lipinski definition) is 6. The van der Waals surface area contributed by atoms with Crippen LogP contribution in [0.2, 0.25) is 0 Å². The van der Waals surface area contributed by atoms with Crippen molar-refractivity contribution in [3.05, 3.63) is 45.8 Å². The van der Waals surface area contributed by atoms with E-state index in [9.17, 15) is 9.59 Å². The summed E-state index contributed by atoms with van der Waals surface area (Å²) in [6, 6.07) is 7.41. The second-order valence-electron chi connectivity index (χ2n) is 7.15. The molecule has 0 radical (unpaired) electrons. The molecule has 2 aromatic rings. The number of nitrogens with zero attached hydrogens (tertiary/aromatic N) is 1. The third-order valence-corrected chi connectivity index (χ3v) is 6.08. The second kappa shape index (κ2) is 9.41. The summed E-state index contributed by atoms with van der Waals surface area (Å²) < 4.78 is 10.7. The van der Waals surface area contributed by atoms with Crippen LogP contribution in [0.5, 0.6) is 5.75 Å². The molecule has 0 spiro atoms. The van der Waals surface area contributed by atoms with Gasteiger partial charge in [-0.05, 0) is 63.9 Å². The minimum atomic E-state index is -0.370. The highest BCUT2D eigenvalue weighted by Crippen LogP contribution is 2.38. The molecule has 0 aliphatic carbocycles. The van der Waals surface area contributed by atoms with Crippen LogP contribution in [-0.4, -0.2) is 42.6 Å². The average Bonchev–Trinajstić information content (AvgIpc) is 3.05. The Kier molecular flexibility index (Phi) is 6.92. The summed E-state index contributed by atoms with van der Waals surface area (Å²) in [5.74, 6) is 0.0968. The lowest BCUT2D eigenvalue weighted by atomic mass is 10.0. The summed E-state index contributed by atoms with van der Waals surface area (Å²) in [5, 5.41) is 3.51. The number of nitrogens with one attached hydrogen (secondary N) is 1. The number of anilines is 1. The van der Waals surface area contributed by atoms with Crippen molar-refractivity contribution >= 4 is 28.2 Å². The molecule has 0 atom stereocenters. The van der Waals surface area contributed by atoms with Crippen molar-refractivity contribution in [1.82, 2.24) is 4.90 Å². The van der Waals surface area contributed by atoms with E-state index in [1.165, 1.54) is 11.3 Å². The molecule has 1 amide bonds. The quantitative estimate of drug-likeness (QED) is 0.680. The number of carbonyl (C=O) groups excluding carboxylic acids is 2. The third kappa shape index (κ3) is 4.79. The van der Waals surface area contributed by atoms with Crippen molar-refractivity contribution in [2.75, 3.05) is 25.1 Å². The van der Waals surface area contributed by atoms with Gasteiger partial charge in [-0.15, -0.1) is 11.3 Å². The molecule has 7 heteroatoms. The fraction of sp³-hybridized carbons (Fsp3) is 0.455. The van der Waals surface area contributed by atoms with Crippen LogP contribution < -0.4 is 10.1 Å². The minimum Gasteiger partial charge on any atom is -0.494 e. The van der Waals surface area contributed by atoms with Crippen LogP contribution in [0.25, 0.3) is 0 Å². The Morgan fingerprint density at radius 3 is 2.52 bits per heavy atom. The predicted molar refractivity (Wildman–Crippen MR) is 115 cm³/mol. The SMILES string of the molecule is CCOC(=O)c1c(NC(=O)c2ccc(OCC)cc2)sc2c1CCN(C(C)C)C2. The van der Waals surface area contributed by atoms with Gasteiger partial charge in [-0.1, -0.05) is 0 Å². The zero-order chi connectivity index (χ0) is 21.0. The lowest BCUT2D eigenvalue weighted by molar-refractivity contribution is 0.0526. The topological polar surface area (TPSA) is 67.9 Å². The molecule has 0 fully saturated rings. The molecule has 0 unspecified atom stereocenters. The number of thiophene rings is 1. The lowest BCUT2D eigenvalue weighted by Crippen LogP contribution is -2.35. The zero-order valence-corrected chi connectivity index (χ0v) is 18.2. The fourth-order valence-corrected chi connectivity index (χ4v) is 4.67. The molecule has 0 saturated heterocycles. The summed E-state index contributed by atoms with van der Waals surface area (Å²) in [5.41, 5.74) is 2.03. The minimum absolute atomic E-state index is 0.252. The van der Waals surface area contributed by atoms with Gasteiger partial charge in [0.15, 0.2) is 0 Å². The van der Waals surface area contributed by atoms with Crippen molar-refractivity contribution in [3.63, 3.8) is 0 Å². The van der Waals surface area contributed by atoms with Gasteiger partial charge in [-0.2, -0.15) is 0 Å². The van der Waals surface area contributed by atoms with E-state index in [1.54, 1.807) is 31.2 Å². The molecule has 1 N–H and O–H groups in total. The molecule has 29 heavy (non-hydrogen) atoms. The monoisotopic (exact) mass is 416 g/mol. The van der Waals surface area contributed by atoms with Gasteiger partial charge in [0, 0.05) is 29.6 Å². The first kappa shape index (κ1) is 21.3. The highest BCUT2D eigenvalue weighted by molar-refractivity contribution is 7.17. The van der Waals surface area contributed by atoms with Gasteiger partial charge in [-0.3, -0.25) is 9.69 Å². The number of ether oxygens (including phenoxy) is 2. The Bertz CT molecular complexity index is 874. The first-order chi connectivity index (χ1) is 13.9. The van der Waals surface area contributed by atoms with E-state index in [-0.39, 0.29) is 11.9 Å². The van der Waals surface area contributed by atoms with Crippen molar-refractivity contribution < 1.29 is 19.1 Å². The summed E-state index contributed by atoms with van der Waals surface area (Å²) in [6.45, 7) is 10.6. The maximum absolute atomic E-state index is 12.8. The van der Waals surface area contributed by atoms with Crippen molar-refractivity contribution in [3.8, 4) is 5.75 Å². The van der Waals surface area contributed by atoms with E-state index in [0.29, 0.717) is 35.4 Å². The molecule has 6 nitrogen and oxygen atoms in total. The number of benzene rings is 1. The molecule has 1 aromatic carbocycles. The van der Waals surface area contributed by atoms with E-state index in [2.05, 4.69) is 24.1 Å². The van der Waals surface area contributed by atoms with Gasteiger partial charge >= 0.3 is 5.97 Å². The number of rotatable bonds is 7. The van der Waals surface area contributed by atoms with Gasteiger partial charge < -0.3 is 14.8 Å². The average molecular weight is 417 g/mol. The first-order valence-corrected chi connectivity index (χ1v) is 10.9. The Balaban J connectivity index is 1.87. The standard InChI is InChI=1S/C22H28N2O4S/c1-5-27-16-9-7-15(8-10-16)20(25)23-21-19(22(26)28-6-2)17-11-12-24(14(3)4)13-18(17)29-21/h7-10,14H,5-6,11-13H2,1-4H3,(H,23,25). The van der Waals surface area contributed by atoms with Crippen molar-refractivity contribution in [1.29, 1.82) is 0 Å². The van der Waals surface area contributed by atoms with Gasteiger partial charge in [0.2, 0.25) is 0 Å². The lowest BCUT2D eigenvalue weighted by Gasteiger charge is -2.30. The van der Waals surface area contributed by atoms with Crippen LogP contribution in [0, 0.1) is 0 Å². The van der Waals surface area contributed by atoms with Crippen LogP contribution in [0.4, 0.5) is 5.00 Å². The molecule has 2 heterocycles. The van der Waals surface area contributed by atoms with Gasteiger partial charge in [0.05, 0.1) is 18.8 Å². The number of esters is 1. The Hall–Kier alpha value is -2.38. The van der Waals surface area contributed by atoms with Crippen LogP contribution in [-0.2, 0) is 17.7 Å². The maximum atomic E-state index is 12.8. The molecular weight excluding hydrogens is 388 g/mol. The molecule has 156 valence electrons. The van der Waals surface area contributed by atoms with Crippen LogP contribution >= 0.6 is 11.3 Å². The fourth-order valence-electron chi connectivity index (χ4n) is 3.42. The van der Waals surface area contributed by atoms with Crippen LogP contribution in [0.1, 0.15) is 58.9 Å². The van der Waals surface area contributed by atoms with Crippen molar-refractivity contribution in [2.45, 2.75) is 46.7 Å². The highest BCUT2D eigenvalue weighted by Gasteiger charge is 2.30. The normalized spacial score (nSPS) is 13.8. The van der Waals surface area contributed by atoms with Gasteiger partial charge in [0.25, 0.3) is 5.91 Å². The van der Waals surface area contributed by atoms with E-state index in [1.807, 2.05) is 6.92 Å². The predicted octanol–water partition coefficient (Wildman–Crippen LogP) is 4.34. The van der Waals surface area contributed by atoms with E-state index in [4.69, 9.17) is 9.47 Å². The summed E-state index contributed by atoms with van der Waals surface area (Å²) >= 11 is 1.47. The molecule has 3 rings (SSSR count). The number of fused-ring (bicyclic) bond motifs is 1. The molecule has 0 saturated carbocycles. The molecule has 1 aliphatic rings. The van der Waals surface area contributed by atoms with Crippen molar-refractivity contribution in [2.24, 2.45) is 0 Å². The first-order valence-electron chi connectivity index (χ1n) is 10.0. The Morgan fingerprint density at radius 1 is 1.17 bits per heavy atom. The summed E-state index contributed by atoms with van der Waals surface area (Å²) in [6.07, 6.45) is 0.775. The van der Waals surface area contributed by atoms with E-state index < -0.39 is 0 Å². The number of carbonyl (C=O) groups is 2. The third-order valence-electron chi connectivity index (χ3n) is 4.95. The van der Waals surface area contributed by atoms with E-state index >= 15 is 0 Å². The summed E-state index contributed by atoms with van der Waals surface area (Å²) in [7, 11) is 0. The zero-order valence-electron chi connectivity index (χ0n) is 17.4. The molecule has 0 bridgehead atoms. The molecule has 1 aromatic heterocycles. The van der Waals surface area contributed by atoms with Gasteiger partial charge in [0.1, 0.15) is 10.8 Å². The number of amides is 1.